The molecule has 0 aliphatic heterocycles. The lowest BCUT2D eigenvalue weighted by Gasteiger charge is -2.19. The number of benzene rings is 3. The first kappa shape index (κ1) is 22.5. The van der Waals surface area contributed by atoms with Crippen molar-refractivity contribution >= 4 is 57.8 Å². The first-order chi connectivity index (χ1) is 15.8. The molecule has 0 radical (unpaired) electrons. The van der Waals surface area contributed by atoms with Gasteiger partial charge in [-0.2, -0.15) is 10.2 Å². The van der Waals surface area contributed by atoms with Gasteiger partial charge in [0.2, 0.25) is 6.04 Å². The second kappa shape index (κ2) is 9.05. The van der Waals surface area contributed by atoms with Gasteiger partial charge in [-0.3, -0.25) is 19.2 Å². The van der Waals surface area contributed by atoms with E-state index in [1.165, 1.54) is 37.3 Å². The number of hydrogen-bond donors (Lipinski definition) is 1. The number of Topliss-reactive ketones (excluding diaryl/α,β-unsaturated/α-hetero) is 1. The molecule has 1 amide bonds. The van der Waals surface area contributed by atoms with Crippen LogP contribution in [0.5, 0.6) is 0 Å². The van der Waals surface area contributed by atoms with Crippen LogP contribution < -0.4 is 5.32 Å². The number of hydrogen-bond acceptors (Lipinski definition) is 6. The smallest absolute Gasteiger partial charge is 0.258 e. The molecule has 1 aliphatic carbocycles. The van der Waals surface area contributed by atoms with Gasteiger partial charge in [0.25, 0.3) is 5.91 Å². The number of nitrogens with zero attached hydrogens (tertiary/aromatic N) is 2. The first-order valence-corrected chi connectivity index (χ1v) is 10.5. The van der Waals surface area contributed by atoms with E-state index in [1.54, 1.807) is 30.3 Å². The molecule has 3 aromatic rings. The maximum absolute atomic E-state index is 13.1. The lowest BCUT2D eigenvalue weighted by Crippen LogP contribution is -2.32. The fourth-order valence-corrected chi connectivity index (χ4v) is 3.91. The Morgan fingerprint density at radius 3 is 2.12 bits per heavy atom. The molecule has 164 valence electrons. The van der Waals surface area contributed by atoms with Gasteiger partial charge in [-0.15, -0.1) is 0 Å². The second-order valence-corrected chi connectivity index (χ2v) is 8.03. The Morgan fingerprint density at radius 2 is 1.42 bits per heavy atom. The average molecular weight is 480 g/mol. The van der Waals surface area contributed by atoms with Crippen LogP contribution in [0.4, 0.5) is 11.4 Å². The number of amides is 1. The number of fused-ring (bicyclic) bond motifs is 2. The van der Waals surface area contributed by atoms with Crippen molar-refractivity contribution in [3.05, 3.63) is 93.0 Å². The highest BCUT2D eigenvalue weighted by molar-refractivity contribution is 6.39. The van der Waals surface area contributed by atoms with Crippen LogP contribution in [-0.2, 0) is 9.59 Å². The van der Waals surface area contributed by atoms with E-state index < -0.39 is 29.3 Å². The maximum atomic E-state index is 13.1. The summed E-state index contributed by atoms with van der Waals surface area (Å²) in [5, 5.41) is 10.9. The maximum Gasteiger partial charge on any atom is 0.258 e. The molecule has 7 nitrogen and oxygen atoms in total. The van der Waals surface area contributed by atoms with Crippen LogP contribution in [0.1, 0.15) is 38.8 Å². The molecular formula is C24H15Cl2N3O4. The molecule has 0 saturated heterocycles. The molecule has 1 atom stereocenters. The van der Waals surface area contributed by atoms with Crippen LogP contribution >= 0.6 is 23.2 Å². The van der Waals surface area contributed by atoms with Gasteiger partial charge in [-0.05, 0) is 31.2 Å². The third-order valence-electron chi connectivity index (χ3n) is 5.05. The Labute approximate surface area is 198 Å². The normalized spacial score (nSPS) is 13.4. The molecular weight excluding hydrogens is 465 g/mol. The average Bonchev–Trinajstić information content (AvgIpc) is 2.78. The largest absolute Gasteiger partial charge is 0.322 e. The summed E-state index contributed by atoms with van der Waals surface area (Å²) in [7, 11) is 0. The van der Waals surface area contributed by atoms with E-state index in [0.29, 0.717) is 10.7 Å². The van der Waals surface area contributed by atoms with Crippen molar-refractivity contribution in [1.29, 1.82) is 0 Å². The molecule has 9 heteroatoms. The van der Waals surface area contributed by atoms with Gasteiger partial charge >= 0.3 is 0 Å². The van der Waals surface area contributed by atoms with Crippen molar-refractivity contribution in [2.45, 2.75) is 13.0 Å². The van der Waals surface area contributed by atoms with Gasteiger partial charge in [-0.25, -0.2) is 0 Å². The first-order valence-electron chi connectivity index (χ1n) is 9.77. The fraction of sp³-hybridized carbons (Fsp3) is 0.0833. The lowest BCUT2D eigenvalue weighted by atomic mass is 9.83. The molecule has 1 N–H and O–H groups in total. The molecule has 0 heterocycles. The van der Waals surface area contributed by atoms with Crippen molar-refractivity contribution in [1.82, 2.24) is 0 Å². The fourth-order valence-electron chi connectivity index (χ4n) is 3.47. The van der Waals surface area contributed by atoms with Crippen LogP contribution in [0.2, 0.25) is 10.0 Å². The lowest BCUT2D eigenvalue weighted by molar-refractivity contribution is -0.126. The van der Waals surface area contributed by atoms with Gasteiger partial charge in [0.05, 0.1) is 32.5 Å². The standard InChI is InChI=1S/C24H15Cl2N3O4/c1-12(30)21(24(33)27-17-10-3-2-8-15(17)25)29-28-18-11-5-7-14-20(18)23(32)13-6-4-9-16(26)19(13)22(14)31/h2-11,21H,1H3,(H,27,33)/t21-/m0/s1. The molecule has 4 rings (SSSR count). The van der Waals surface area contributed by atoms with E-state index in [-0.39, 0.29) is 33.0 Å². The van der Waals surface area contributed by atoms with Crippen molar-refractivity contribution in [3.63, 3.8) is 0 Å². The summed E-state index contributed by atoms with van der Waals surface area (Å²) < 4.78 is 0. The van der Waals surface area contributed by atoms with Gasteiger partial charge in [0, 0.05) is 11.1 Å². The number of para-hydroxylation sites is 1. The summed E-state index contributed by atoms with van der Waals surface area (Å²) in [6.07, 6.45) is 0. The summed E-state index contributed by atoms with van der Waals surface area (Å²) in [6.45, 7) is 1.20. The van der Waals surface area contributed by atoms with Crippen molar-refractivity contribution in [2.24, 2.45) is 10.2 Å². The van der Waals surface area contributed by atoms with E-state index in [4.69, 9.17) is 23.2 Å². The molecule has 0 saturated carbocycles. The summed E-state index contributed by atoms with van der Waals surface area (Å²) in [5.74, 6) is -2.16. The topological polar surface area (TPSA) is 105 Å². The SMILES string of the molecule is CC(=O)[C@H](N=Nc1cccc2c1C(=O)c1cccc(Cl)c1C2=O)C(=O)Nc1ccccc1Cl. The van der Waals surface area contributed by atoms with Gasteiger partial charge in [-0.1, -0.05) is 59.6 Å². The highest BCUT2D eigenvalue weighted by atomic mass is 35.5. The summed E-state index contributed by atoms with van der Waals surface area (Å²) >= 11 is 12.2. The Morgan fingerprint density at radius 1 is 0.818 bits per heavy atom. The monoisotopic (exact) mass is 479 g/mol. The van der Waals surface area contributed by atoms with Crippen molar-refractivity contribution < 1.29 is 19.2 Å². The second-order valence-electron chi connectivity index (χ2n) is 7.22. The van der Waals surface area contributed by atoms with Crippen LogP contribution in [-0.4, -0.2) is 29.3 Å². The third-order valence-corrected chi connectivity index (χ3v) is 5.69. The Hall–Kier alpha value is -3.68. The van der Waals surface area contributed by atoms with Crippen molar-refractivity contribution in [3.8, 4) is 0 Å². The number of halogens is 2. The minimum atomic E-state index is -1.48. The minimum absolute atomic E-state index is 0.0369. The number of azo groups is 1. The zero-order valence-corrected chi connectivity index (χ0v) is 18.6. The minimum Gasteiger partial charge on any atom is -0.322 e. The van der Waals surface area contributed by atoms with Crippen molar-refractivity contribution in [2.75, 3.05) is 5.32 Å². The zero-order chi connectivity index (χ0) is 23.7. The molecule has 3 aromatic carbocycles. The predicted molar refractivity (Wildman–Crippen MR) is 124 cm³/mol. The van der Waals surface area contributed by atoms with Crippen LogP contribution in [0.25, 0.3) is 0 Å². The van der Waals surface area contributed by atoms with E-state index in [0.717, 1.165) is 0 Å². The Kier molecular flexibility index (Phi) is 6.18. The molecule has 0 unspecified atom stereocenters. The highest BCUT2D eigenvalue weighted by Crippen LogP contribution is 2.36. The Balaban J connectivity index is 1.69. The van der Waals surface area contributed by atoms with Crippen LogP contribution in [0.3, 0.4) is 0 Å². The number of carbonyl (C=O) groups excluding carboxylic acids is 4. The third kappa shape index (κ3) is 4.20. The number of ketones is 3. The van der Waals surface area contributed by atoms with E-state index in [9.17, 15) is 19.2 Å². The van der Waals surface area contributed by atoms with Gasteiger partial charge in [0.15, 0.2) is 17.3 Å². The Bertz CT molecular complexity index is 1370. The molecule has 33 heavy (non-hydrogen) atoms. The predicted octanol–water partition coefficient (Wildman–Crippen LogP) is 5.45. The molecule has 0 fully saturated rings. The molecule has 0 aromatic heterocycles. The summed E-state index contributed by atoms with van der Waals surface area (Å²) in [4.78, 5) is 50.9. The van der Waals surface area contributed by atoms with E-state index in [2.05, 4.69) is 15.5 Å². The number of carbonyl (C=O) groups is 4. The number of rotatable bonds is 5. The van der Waals surface area contributed by atoms with Gasteiger partial charge < -0.3 is 5.32 Å². The summed E-state index contributed by atoms with van der Waals surface area (Å²) in [5.41, 5.74) is 0.825. The number of nitrogens with one attached hydrogen (secondary N) is 1. The molecule has 1 aliphatic rings. The zero-order valence-electron chi connectivity index (χ0n) is 17.1. The van der Waals surface area contributed by atoms with E-state index in [1.807, 2.05) is 0 Å². The van der Waals surface area contributed by atoms with Crippen LogP contribution in [0, 0.1) is 0 Å². The highest BCUT2D eigenvalue weighted by Gasteiger charge is 2.33. The molecule has 0 spiro atoms. The number of anilines is 1. The summed E-state index contributed by atoms with van der Waals surface area (Å²) in [6, 6.07) is 14.2. The molecule has 0 bridgehead atoms. The van der Waals surface area contributed by atoms with E-state index >= 15 is 0 Å². The quantitative estimate of drug-likeness (QED) is 0.303. The van der Waals surface area contributed by atoms with Gasteiger partial charge in [0.1, 0.15) is 0 Å². The van der Waals surface area contributed by atoms with Crippen LogP contribution in [0.15, 0.2) is 70.9 Å².